The molecule has 2 unspecified atom stereocenters. The molecule has 1 N–H and O–H groups in total. The van der Waals surface area contributed by atoms with Crippen molar-refractivity contribution >= 4 is 15.9 Å². The molecule has 76 valence electrons. The van der Waals surface area contributed by atoms with Gasteiger partial charge in [-0.2, -0.15) is 0 Å². The lowest BCUT2D eigenvalue weighted by atomic mass is 9.87. The van der Waals surface area contributed by atoms with Crippen LogP contribution in [0.5, 0.6) is 0 Å². The van der Waals surface area contributed by atoms with Crippen molar-refractivity contribution in [2.45, 2.75) is 19.3 Å². The predicted octanol–water partition coefficient (Wildman–Crippen LogP) is 3.16. The molecule has 0 radical (unpaired) electrons. The number of hydrogen-bond acceptors (Lipinski definition) is 1. The first kappa shape index (κ1) is 10.2. The molecule has 14 heavy (non-hydrogen) atoms. The quantitative estimate of drug-likeness (QED) is 0.854. The summed E-state index contributed by atoms with van der Waals surface area (Å²) in [4.78, 5) is 0. The molecule has 1 heterocycles. The van der Waals surface area contributed by atoms with Gasteiger partial charge >= 0.3 is 0 Å². The van der Waals surface area contributed by atoms with Gasteiger partial charge in [-0.05, 0) is 24.1 Å². The highest BCUT2D eigenvalue weighted by Gasteiger charge is 2.27. The molecule has 1 aliphatic heterocycles. The van der Waals surface area contributed by atoms with Gasteiger partial charge in [0.1, 0.15) is 0 Å². The second-order valence-corrected chi connectivity index (χ2v) is 4.81. The van der Waals surface area contributed by atoms with Crippen molar-refractivity contribution < 1.29 is 0 Å². The largest absolute Gasteiger partial charge is 0.316 e. The summed E-state index contributed by atoms with van der Waals surface area (Å²) >= 11 is 3.64. The zero-order chi connectivity index (χ0) is 9.97. The normalized spacial score (nSPS) is 26.7. The molecule has 0 amide bonds. The highest BCUT2D eigenvalue weighted by Crippen LogP contribution is 2.34. The summed E-state index contributed by atoms with van der Waals surface area (Å²) in [6.07, 6.45) is 1.26. The fourth-order valence-corrected chi connectivity index (χ4v) is 2.88. The molecular formula is C12H16BrN. The molecule has 0 aromatic heterocycles. The third kappa shape index (κ3) is 1.86. The van der Waals surface area contributed by atoms with Crippen LogP contribution in [0.2, 0.25) is 0 Å². The Morgan fingerprint density at radius 1 is 1.36 bits per heavy atom. The lowest BCUT2D eigenvalue weighted by molar-refractivity contribution is 0.501. The van der Waals surface area contributed by atoms with E-state index in [4.69, 9.17) is 0 Å². The average molecular weight is 254 g/mol. The number of benzene rings is 1. The van der Waals surface area contributed by atoms with E-state index in [1.807, 2.05) is 0 Å². The van der Waals surface area contributed by atoms with Crippen LogP contribution >= 0.6 is 15.9 Å². The lowest BCUT2D eigenvalue weighted by Gasteiger charge is -2.18. The SMILES string of the molecule is CCC1CNCC1c1ccccc1Br. The molecule has 1 fully saturated rings. The van der Waals surface area contributed by atoms with Crippen LogP contribution in [0, 0.1) is 5.92 Å². The van der Waals surface area contributed by atoms with Gasteiger partial charge in [0.05, 0.1) is 0 Å². The number of halogens is 1. The van der Waals surface area contributed by atoms with Gasteiger partial charge in [-0.25, -0.2) is 0 Å². The van der Waals surface area contributed by atoms with Crippen LogP contribution in [0.3, 0.4) is 0 Å². The molecule has 0 saturated carbocycles. The van der Waals surface area contributed by atoms with Crippen molar-refractivity contribution in [1.29, 1.82) is 0 Å². The summed E-state index contributed by atoms with van der Waals surface area (Å²) < 4.78 is 1.26. The standard InChI is InChI=1S/C12H16BrN/c1-2-9-7-14-8-11(9)10-5-3-4-6-12(10)13/h3-6,9,11,14H,2,7-8H2,1H3. The van der Waals surface area contributed by atoms with Crippen LogP contribution in [-0.4, -0.2) is 13.1 Å². The zero-order valence-electron chi connectivity index (χ0n) is 8.46. The first-order valence-corrected chi connectivity index (χ1v) is 6.07. The summed E-state index contributed by atoms with van der Waals surface area (Å²) in [5.74, 6) is 1.49. The van der Waals surface area contributed by atoms with E-state index in [0.29, 0.717) is 5.92 Å². The van der Waals surface area contributed by atoms with Gasteiger partial charge in [-0.15, -0.1) is 0 Å². The number of hydrogen-bond donors (Lipinski definition) is 1. The Hall–Kier alpha value is -0.340. The molecule has 2 rings (SSSR count). The predicted molar refractivity (Wildman–Crippen MR) is 63.5 cm³/mol. The fraction of sp³-hybridized carbons (Fsp3) is 0.500. The third-order valence-corrected chi connectivity index (χ3v) is 3.89. The second-order valence-electron chi connectivity index (χ2n) is 3.95. The van der Waals surface area contributed by atoms with Gasteiger partial charge in [0.15, 0.2) is 0 Å². The van der Waals surface area contributed by atoms with E-state index in [-0.39, 0.29) is 0 Å². The van der Waals surface area contributed by atoms with Gasteiger partial charge < -0.3 is 5.32 Å². The number of nitrogens with one attached hydrogen (secondary N) is 1. The molecule has 1 aromatic rings. The van der Waals surface area contributed by atoms with Crippen LogP contribution in [-0.2, 0) is 0 Å². The van der Waals surface area contributed by atoms with Crippen LogP contribution in [0.4, 0.5) is 0 Å². The summed E-state index contributed by atoms with van der Waals surface area (Å²) in [6.45, 7) is 4.57. The maximum Gasteiger partial charge on any atom is 0.0210 e. The first-order valence-electron chi connectivity index (χ1n) is 5.28. The minimum atomic E-state index is 0.690. The highest BCUT2D eigenvalue weighted by molar-refractivity contribution is 9.10. The van der Waals surface area contributed by atoms with Crippen LogP contribution in [0.25, 0.3) is 0 Å². The van der Waals surface area contributed by atoms with Crippen LogP contribution in [0.1, 0.15) is 24.8 Å². The fourth-order valence-electron chi connectivity index (χ4n) is 2.30. The van der Waals surface area contributed by atoms with E-state index in [2.05, 4.69) is 52.4 Å². The topological polar surface area (TPSA) is 12.0 Å². The summed E-state index contributed by atoms with van der Waals surface area (Å²) in [7, 11) is 0. The second kappa shape index (κ2) is 4.45. The summed E-state index contributed by atoms with van der Waals surface area (Å²) in [5.41, 5.74) is 1.46. The van der Waals surface area contributed by atoms with Gasteiger partial charge in [0.25, 0.3) is 0 Å². The maximum absolute atomic E-state index is 3.64. The van der Waals surface area contributed by atoms with Gasteiger partial charge in [0.2, 0.25) is 0 Å². The van der Waals surface area contributed by atoms with E-state index in [1.54, 1.807) is 0 Å². The third-order valence-electron chi connectivity index (χ3n) is 3.17. The molecule has 0 aliphatic carbocycles. The van der Waals surface area contributed by atoms with Crippen molar-refractivity contribution in [2.75, 3.05) is 13.1 Å². The minimum absolute atomic E-state index is 0.690. The van der Waals surface area contributed by atoms with Crippen molar-refractivity contribution in [1.82, 2.24) is 5.32 Å². The van der Waals surface area contributed by atoms with Crippen LogP contribution in [0.15, 0.2) is 28.7 Å². The summed E-state index contributed by atoms with van der Waals surface area (Å²) in [5, 5.41) is 3.48. The smallest absolute Gasteiger partial charge is 0.0210 e. The van der Waals surface area contributed by atoms with Crippen molar-refractivity contribution in [3.8, 4) is 0 Å². The van der Waals surface area contributed by atoms with Gasteiger partial charge in [-0.3, -0.25) is 0 Å². The molecule has 1 saturated heterocycles. The molecule has 1 aliphatic rings. The molecule has 0 bridgehead atoms. The highest BCUT2D eigenvalue weighted by atomic mass is 79.9. The van der Waals surface area contributed by atoms with Gasteiger partial charge in [0, 0.05) is 16.9 Å². The Bertz CT molecular complexity index is 311. The maximum atomic E-state index is 3.64. The Morgan fingerprint density at radius 3 is 2.86 bits per heavy atom. The van der Waals surface area contributed by atoms with E-state index in [9.17, 15) is 0 Å². The molecule has 2 heteroatoms. The van der Waals surface area contributed by atoms with E-state index in [0.717, 1.165) is 12.5 Å². The van der Waals surface area contributed by atoms with E-state index < -0.39 is 0 Å². The first-order chi connectivity index (χ1) is 6.83. The van der Waals surface area contributed by atoms with Crippen molar-refractivity contribution in [2.24, 2.45) is 5.92 Å². The molecule has 2 atom stereocenters. The molecular weight excluding hydrogens is 238 g/mol. The number of rotatable bonds is 2. The van der Waals surface area contributed by atoms with E-state index >= 15 is 0 Å². The molecule has 1 nitrogen and oxygen atoms in total. The monoisotopic (exact) mass is 253 g/mol. The minimum Gasteiger partial charge on any atom is -0.316 e. The zero-order valence-corrected chi connectivity index (χ0v) is 10.0. The average Bonchev–Trinajstić information content (AvgIpc) is 2.66. The van der Waals surface area contributed by atoms with Gasteiger partial charge in [-0.1, -0.05) is 47.5 Å². The van der Waals surface area contributed by atoms with E-state index in [1.165, 1.54) is 23.0 Å². The Morgan fingerprint density at radius 2 is 2.14 bits per heavy atom. The Labute approximate surface area is 94.0 Å². The molecule has 1 aromatic carbocycles. The lowest BCUT2D eigenvalue weighted by Crippen LogP contribution is -2.09. The van der Waals surface area contributed by atoms with Crippen LogP contribution < -0.4 is 5.32 Å². The summed E-state index contributed by atoms with van der Waals surface area (Å²) in [6, 6.07) is 8.59. The Balaban J connectivity index is 2.26. The van der Waals surface area contributed by atoms with Crippen molar-refractivity contribution in [3.63, 3.8) is 0 Å². The molecule has 0 spiro atoms. The Kier molecular flexibility index (Phi) is 3.24. The van der Waals surface area contributed by atoms with Crippen molar-refractivity contribution in [3.05, 3.63) is 34.3 Å².